The molecule has 2 heterocycles. The summed E-state index contributed by atoms with van der Waals surface area (Å²) in [6.07, 6.45) is 4.45. The molecule has 0 amide bonds. The summed E-state index contributed by atoms with van der Waals surface area (Å²) >= 11 is 0. The molecule has 1 fully saturated rings. The van der Waals surface area contributed by atoms with Crippen LogP contribution in [0.2, 0.25) is 0 Å². The third kappa shape index (κ3) is 4.68. The van der Waals surface area contributed by atoms with E-state index >= 15 is 0 Å². The monoisotopic (exact) mass is 361 g/mol. The highest BCUT2D eigenvalue weighted by atomic mass is 19.1. The molecule has 0 saturated carbocycles. The second-order valence-corrected chi connectivity index (χ2v) is 6.77. The number of likely N-dealkylation sites (tertiary alicyclic amines) is 1. The van der Waals surface area contributed by atoms with E-state index in [9.17, 15) is 9.18 Å². The van der Waals surface area contributed by atoms with Crippen LogP contribution in [0.4, 0.5) is 4.39 Å². The number of carbonyl (C=O) groups is 1. The van der Waals surface area contributed by atoms with Gasteiger partial charge in [-0.25, -0.2) is 9.37 Å². The van der Waals surface area contributed by atoms with Gasteiger partial charge in [0.2, 0.25) is 5.89 Å². The fourth-order valence-electron chi connectivity index (χ4n) is 3.44. The average molecular weight is 361 g/mol. The van der Waals surface area contributed by atoms with Gasteiger partial charge in [-0.3, -0.25) is 14.6 Å². The quantitative estimate of drug-likeness (QED) is 0.853. The van der Waals surface area contributed by atoms with Crippen molar-refractivity contribution in [1.82, 2.24) is 14.8 Å². The predicted molar refractivity (Wildman–Crippen MR) is 95.1 cm³/mol. The zero-order valence-corrected chi connectivity index (χ0v) is 14.9. The van der Waals surface area contributed by atoms with E-state index in [0.29, 0.717) is 23.8 Å². The highest BCUT2D eigenvalue weighted by molar-refractivity contribution is 5.69. The van der Waals surface area contributed by atoms with Crippen LogP contribution in [-0.4, -0.2) is 58.6 Å². The molecule has 1 aromatic heterocycles. The second-order valence-electron chi connectivity index (χ2n) is 6.77. The van der Waals surface area contributed by atoms with Gasteiger partial charge in [-0.05, 0) is 45.0 Å². The van der Waals surface area contributed by atoms with Gasteiger partial charge in [-0.1, -0.05) is 12.1 Å². The topological polar surface area (TPSA) is 69.8 Å². The van der Waals surface area contributed by atoms with Gasteiger partial charge in [-0.2, -0.15) is 0 Å². The Kier molecular flexibility index (Phi) is 6.00. The molecule has 26 heavy (non-hydrogen) atoms. The molecule has 2 aromatic rings. The van der Waals surface area contributed by atoms with Crippen molar-refractivity contribution >= 4 is 5.97 Å². The molecule has 0 bridgehead atoms. The Bertz CT molecular complexity index is 749. The minimum absolute atomic E-state index is 0.0659. The molecule has 1 saturated heterocycles. The van der Waals surface area contributed by atoms with E-state index in [4.69, 9.17) is 9.52 Å². The molecule has 6 nitrogen and oxygen atoms in total. The number of rotatable bonds is 6. The Morgan fingerprint density at radius 2 is 2.19 bits per heavy atom. The molecule has 0 aliphatic carbocycles. The lowest BCUT2D eigenvalue weighted by atomic mass is 10.1. The molecule has 0 spiro atoms. The predicted octanol–water partition coefficient (Wildman–Crippen LogP) is 2.85. The van der Waals surface area contributed by atoms with E-state index in [1.165, 1.54) is 6.07 Å². The van der Waals surface area contributed by atoms with Crippen molar-refractivity contribution in [3.63, 3.8) is 0 Å². The number of likely N-dealkylation sites (N-methyl/N-ethyl adjacent to an activating group) is 1. The van der Waals surface area contributed by atoms with E-state index in [1.54, 1.807) is 24.4 Å². The molecule has 140 valence electrons. The molecular formula is C19H24FN3O3. The van der Waals surface area contributed by atoms with Crippen LogP contribution < -0.4 is 0 Å². The highest BCUT2D eigenvalue weighted by Crippen LogP contribution is 2.24. The Hall–Kier alpha value is -2.25. The van der Waals surface area contributed by atoms with Crippen molar-refractivity contribution in [3.05, 3.63) is 42.2 Å². The molecule has 1 aromatic carbocycles. The van der Waals surface area contributed by atoms with Crippen molar-refractivity contribution < 1.29 is 18.7 Å². The van der Waals surface area contributed by atoms with Crippen LogP contribution >= 0.6 is 0 Å². The number of aromatic nitrogens is 1. The Morgan fingerprint density at radius 3 is 2.96 bits per heavy atom. The number of carboxylic acids is 1. The number of aliphatic carboxylic acids is 1. The maximum atomic E-state index is 13.9. The minimum atomic E-state index is -0.797. The van der Waals surface area contributed by atoms with Crippen LogP contribution in [-0.2, 0) is 11.3 Å². The standard InChI is InChI=1S/C19H24FN3O3/c1-22(13-19(24)25)14-5-4-9-23(10-8-14)12-18-21-11-17(26-18)15-6-2-3-7-16(15)20/h2-3,6-7,11,14H,4-5,8-10,12-13H2,1H3,(H,24,25). The van der Waals surface area contributed by atoms with E-state index in [-0.39, 0.29) is 18.4 Å². The lowest BCUT2D eigenvalue weighted by molar-refractivity contribution is -0.138. The first-order valence-corrected chi connectivity index (χ1v) is 8.87. The van der Waals surface area contributed by atoms with Gasteiger partial charge < -0.3 is 9.52 Å². The van der Waals surface area contributed by atoms with Gasteiger partial charge in [0, 0.05) is 12.6 Å². The lowest BCUT2D eigenvalue weighted by Crippen LogP contribution is -2.36. The summed E-state index contributed by atoms with van der Waals surface area (Å²) in [4.78, 5) is 19.3. The summed E-state index contributed by atoms with van der Waals surface area (Å²) < 4.78 is 19.6. The van der Waals surface area contributed by atoms with E-state index in [0.717, 1.165) is 32.4 Å². The molecule has 1 aliphatic heterocycles. The van der Waals surface area contributed by atoms with Crippen LogP contribution in [0, 0.1) is 5.82 Å². The van der Waals surface area contributed by atoms with Gasteiger partial charge in [0.1, 0.15) is 5.82 Å². The van der Waals surface area contributed by atoms with Crippen LogP contribution in [0.1, 0.15) is 25.2 Å². The number of hydrogen-bond donors (Lipinski definition) is 1. The fraction of sp³-hybridized carbons (Fsp3) is 0.474. The first kappa shape index (κ1) is 18.5. The lowest BCUT2D eigenvalue weighted by Gasteiger charge is -2.25. The molecule has 3 rings (SSSR count). The van der Waals surface area contributed by atoms with Crippen LogP contribution in [0.25, 0.3) is 11.3 Å². The Balaban J connectivity index is 1.58. The third-order valence-electron chi connectivity index (χ3n) is 4.85. The second kappa shape index (κ2) is 8.42. The van der Waals surface area contributed by atoms with Crippen molar-refractivity contribution in [2.24, 2.45) is 0 Å². The van der Waals surface area contributed by atoms with E-state index < -0.39 is 5.97 Å². The van der Waals surface area contributed by atoms with E-state index in [1.807, 2.05) is 11.9 Å². The smallest absolute Gasteiger partial charge is 0.317 e. The van der Waals surface area contributed by atoms with Crippen LogP contribution in [0.3, 0.4) is 0 Å². The molecule has 1 unspecified atom stereocenters. The SMILES string of the molecule is CN(CC(=O)O)C1CCCN(Cc2ncc(-c3ccccc3F)o2)CC1. The maximum Gasteiger partial charge on any atom is 0.317 e. The zero-order valence-electron chi connectivity index (χ0n) is 14.9. The molecule has 1 N–H and O–H groups in total. The normalized spacial score (nSPS) is 18.8. The average Bonchev–Trinajstić information content (AvgIpc) is 2.92. The van der Waals surface area contributed by atoms with Crippen molar-refractivity contribution in [2.75, 3.05) is 26.7 Å². The van der Waals surface area contributed by atoms with Crippen molar-refractivity contribution in [3.8, 4) is 11.3 Å². The number of carboxylic acid groups (broad SMARTS) is 1. The number of nitrogens with zero attached hydrogens (tertiary/aromatic N) is 3. The number of oxazole rings is 1. The summed E-state index contributed by atoms with van der Waals surface area (Å²) in [5.41, 5.74) is 0.414. The van der Waals surface area contributed by atoms with Gasteiger partial charge in [-0.15, -0.1) is 0 Å². The summed E-state index contributed by atoms with van der Waals surface area (Å²) in [5, 5.41) is 8.95. The van der Waals surface area contributed by atoms with Gasteiger partial charge >= 0.3 is 5.97 Å². The molecule has 1 atom stereocenters. The Morgan fingerprint density at radius 1 is 1.38 bits per heavy atom. The van der Waals surface area contributed by atoms with Gasteiger partial charge in [0.05, 0.1) is 24.8 Å². The third-order valence-corrected chi connectivity index (χ3v) is 4.85. The fourth-order valence-corrected chi connectivity index (χ4v) is 3.44. The van der Waals surface area contributed by atoms with Crippen molar-refractivity contribution in [1.29, 1.82) is 0 Å². The Labute approximate surface area is 152 Å². The summed E-state index contributed by atoms with van der Waals surface area (Å²) in [6, 6.07) is 6.76. The molecular weight excluding hydrogens is 337 g/mol. The largest absolute Gasteiger partial charge is 0.480 e. The van der Waals surface area contributed by atoms with Crippen molar-refractivity contribution in [2.45, 2.75) is 31.8 Å². The first-order chi connectivity index (χ1) is 12.5. The minimum Gasteiger partial charge on any atom is -0.480 e. The van der Waals surface area contributed by atoms with Gasteiger partial charge in [0.25, 0.3) is 0 Å². The van der Waals surface area contributed by atoms with Crippen LogP contribution in [0.15, 0.2) is 34.9 Å². The summed E-state index contributed by atoms with van der Waals surface area (Å²) in [6.45, 7) is 2.40. The summed E-state index contributed by atoms with van der Waals surface area (Å²) in [7, 11) is 1.86. The maximum absolute atomic E-state index is 13.9. The van der Waals surface area contributed by atoms with Gasteiger partial charge in [0.15, 0.2) is 5.76 Å². The zero-order chi connectivity index (χ0) is 18.5. The van der Waals surface area contributed by atoms with E-state index in [2.05, 4.69) is 9.88 Å². The first-order valence-electron chi connectivity index (χ1n) is 8.87. The number of benzene rings is 1. The number of hydrogen-bond acceptors (Lipinski definition) is 5. The highest BCUT2D eigenvalue weighted by Gasteiger charge is 2.22. The number of halogens is 1. The summed E-state index contributed by atoms with van der Waals surface area (Å²) in [5.74, 6) is -0.115. The molecule has 1 aliphatic rings. The van der Waals surface area contributed by atoms with Crippen LogP contribution in [0.5, 0.6) is 0 Å². The molecule has 7 heteroatoms. The molecule has 0 radical (unpaired) electrons.